The van der Waals surface area contributed by atoms with Gasteiger partial charge in [-0.05, 0) is 31.9 Å². The average molecular weight is 370 g/mol. The number of carbonyl (C=O) groups excluding carboxylic acids is 3. The van der Waals surface area contributed by atoms with Gasteiger partial charge < -0.3 is 16.4 Å². The van der Waals surface area contributed by atoms with E-state index in [4.69, 9.17) is 5.73 Å². The van der Waals surface area contributed by atoms with Crippen LogP contribution < -0.4 is 16.4 Å². The lowest BCUT2D eigenvalue weighted by molar-refractivity contribution is -0.122. The lowest BCUT2D eigenvalue weighted by atomic mass is 10.1. The van der Waals surface area contributed by atoms with Gasteiger partial charge in [0, 0.05) is 13.0 Å². The van der Waals surface area contributed by atoms with Crippen molar-refractivity contribution in [1.82, 2.24) is 25.6 Å². The molecular formula is C15H26N6O3S. The molecule has 140 valence electrons. The summed E-state index contributed by atoms with van der Waals surface area (Å²) < 4.78 is 1.42. The van der Waals surface area contributed by atoms with E-state index in [9.17, 15) is 14.4 Å². The summed E-state index contributed by atoms with van der Waals surface area (Å²) in [6, 6.07) is -0.419. The number of unbranched alkanes of at least 4 members (excludes halogenated alkanes) is 1. The summed E-state index contributed by atoms with van der Waals surface area (Å²) in [7, 11) is 0. The molecule has 0 aliphatic carbocycles. The first kappa shape index (κ1) is 21.1. The Balaban J connectivity index is 2.20. The molecule has 0 aliphatic rings. The minimum atomic E-state index is -0.419. The number of rotatable bonds is 12. The summed E-state index contributed by atoms with van der Waals surface area (Å²) in [5.74, 6) is 0.186. The van der Waals surface area contributed by atoms with Crippen LogP contribution in [0.1, 0.15) is 38.3 Å². The van der Waals surface area contributed by atoms with E-state index in [0.29, 0.717) is 30.8 Å². The predicted octanol–water partition coefficient (Wildman–Crippen LogP) is -0.583. The molecule has 10 heteroatoms. The van der Waals surface area contributed by atoms with Crippen molar-refractivity contribution in [2.75, 3.05) is 12.3 Å². The topological polar surface area (TPSA) is 132 Å². The van der Waals surface area contributed by atoms with Gasteiger partial charge in [0.05, 0.1) is 18.8 Å². The molecule has 0 spiro atoms. The van der Waals surface area contributed by atoms with Crippen molar-refractivity contribution in [3.63, 3.8) is 0 Å². The summed E-state index contributed by atoms with van der Waals surface area (Å²) in [6.45, 7) is 2.32. The molecule has 1 unspecified atom stereocenters. The Morgan fingerprint density at radius 2 is 2.04 bits per heavy atom. The minimum absolute atomic E-state index is 0.0205. The normalized spacial score (nSPS) is 11.8. The number of Topliss-reactive ketones (excluding diaryl/α,β-unsaturated/α-hetero) is 1. The Morgan fingerprint density at radius 1 is 1.28 bits per heavy atom. The molecule has 1 heterocycles. The molecule has 2 amide bonds. The largest absolute Gasteiger partial charge is 0.354 e. The van der Waals surface area contributed by atoms with Crippen LogP contribution in [0.2, 0.25) is 0 Å². The van der Waals surface area contributed by atoms with Gasteiger partial charge in [-0.15, -0.1) is 5.10 Å². The van der Waals surface area contributed by atoms with Gasteiger partial charge in [-0.2, -0.15) is 12.6 Å². The Kier molecular flexibility index (Phi) is 9.78. The van der Waals surface area contributed by atoms with Crippen LogP contribution in [-0.2, 0) is 27.5 Å². The van der Waals surface area contributed by atoms with Gasteiger partial charge in [-0.3, -0.25) is 14.4 Å². The highest BCUT2D eigenvalue weighted by Crippen LogP contribution is 1.99. The second-order valence-electron chi connectivity index (χ2n) is 5.72. The molecular weight excluding hydrogens is 344 g/mol. The SMILES string of the molecule is CC(=O)C(N)CCCCNC(=O)Cn1cc(CNC(=O)CCS)nn1. The van der Waals surface area contributed by atoms with Crippen molar-refractivity contribution in [2.24, 2.45) is 5.73 Å². The smallest absolute Gasteiger partial charge is 0.241 e. The standard InChI is InChI=1S/C15H26N6O3S/c1-11(22)13(16)4-2-3-6-17-15(24)10-21-9-12(19-20-21)8-18-14(23)5-7-25/h9,13,25H,2-8,10,16H2,1H3,(H,17,24)(H,18,23). The summed E-state index contributed by atoms with van der Waals surface area (Å²) in [5, 5.41) is 13.2. The van der Waals surface area contributed by atoms with E-state index in [1.165, 1.54) is 11.6 Å². The molecule has 0 fully saturated rings. The summed E-state index contributed by atoms with van der Waals surface area (Å²) in [4.78, 5) is 34.2. The maximum atomic E-state index is 11.8. The molecule has 9 nitrogen and oxygen atoms in total. The summed E-state index contributed by atoms with van der Waals surface area (Å²) in [6.07, 6.45) is 4.12. The number of hydrogen-bond acceptors (Lipinski definition) is 7. The van der Waals surface area contributed by atoms with Crippen molar-refractivity contribution in [1.29, 1.82) is 0 Å². The van der Waals surface area contributed by atoms with Gasteiger partial charge in [0.15, 0.2) is 0 Å². The van der Waals surface area contributed by atoms with E-state index >= 15 is 0 Å². The Morgan fingerprint density at radius 3 is 2.72 bits per heavy atom. The molecule has 1 atom stereocenters. The molecule has 1 rings (SSSR count). The lowest BCUT2D eigenvalue weighted by Crippen LogP contribution is -2.30. The van der Waals surface area contributed by atoms with E-state index in [1.807, 2.05) is 0 Å². The van der Waals surface area contributed by atoms with E-state index < -0.39 is 6.04 Å². The van der Waals surface area contributed by atoms with Gasteiger partial charge in [0.1, 0.15) is 18.0 Å². The van der Waals surface area contributed by atoms with Crippen molar-refractivity contribution < 1.29 is 14.4 Å². The van der Waals surface area contributed by atoms with Crippen molar-refractivity contribution in [3.05, 3.63) is 11.9 Å². The number of nitrogens with one attached hydrogen (secondary N) is 2. The van der Waals surface area contributed by atoms with Crippen molar-refractivity contribution in [2.45, 2.75) is 51.7 Å². The second kappa shape index (κ2) is 11.6. The van der Waals surface area contributed by atoms with Gasteiger partial charge in [0.2, 0.25) is 11.8 Å². The quantitative estimate of drug-likeness (QED) is 0.287. The monoisotopic (exact) mass is 370 g/mol. The van der Waals surface area contributed by atoms with Crippen LogP contribution in [0.3, 0.4) is 0 Å². The van der Waals surface area contributed by atoms with E-state index in [1.54, 1.807) is 6.20 Å². The van der Waals surface area contributed by atoms with E-state index in [0.717, 1.165) is 12.8 Å². The third kappa shape index (κ3) is 9.20. The zero-order chi connectivity index (χ0) is 18.7. The van der Waals surface area contributed by atoms with Crippen LogP contribution in [0.25, 0.3) is 0 Å². The Hall–Kier alpha value is -1.94. The molecule has 0 bridgehead atoms. The minimum Gasteiger partial charge on any atom is -0.354 e. The van der Waals surface area contributed by atoms with Crippen LogP contribution in [0.15, 0.2) is 6.20 Å². The van der Waals surface area contributed by atoms with Crippen LogP contribution >= 0.6 is 12.6 Å². The number of thiol groups is 1. The van der Waals surface area contributed by atoms with Crippen LogP contribution in [0, 0.1) is 0 Å². The van der Waals surface area contributed by atoms with Crippen LogP contribution in [-0.4, -0.2) is 50.9 Å². The zero-order valence-electron chi connectivity index (χ0n) is 14.4. The number of carbonyl (C=O) groups is 3. The molecule has 4 N–H and O–H groups in total. The predicted molar refractivity (Wildman–Crippen MR) is 95.9 cm³/mol. The molecule has 0 aliphatic heterocycles. The molecule has 1 aromatic heterocycles. The first-order chi connectivity index (χ1) is 11.9. The highest BCUT2D eigenvalue weighted by Gasteiger charge is 2.09. The first-order valence-electron chi connectivity index (χ1n) is 8.21. The second-order valence-corrected chi connectivity index (χ2v) is 6.17. The van der Waals surface area contributed by atoms with Crippen LogP contribution in [0.5, 0.6) is 0 Å². The van der Waals surface area contributed by atoms with E-state index in [2.05, 4.69) is 33.6 Å². The third-order valence-electron chi connectivity index (χ3n) is 3.48. The molecule has 0 saturated carbocycles. The molecule has 0 aromatic carbocycles. The molecule has 25 heavy (non-hydrogen) atoms. The van der Waals surface area contributed by atoms with Gasteiger partial charge in [-0.1, -0.05) is 5.21 Å². The molecule has 0 saturated heterocycles. The number of nitrogens with zero attached hydrogens (tertiary/aromatic N) is 3. The number of ketones is 1. The Bertz CT molecular complexity index is 577. The first-order valence-corrected chi connectivity index (χ1v) is 8.85. The fourth-order valence-corrected chi connectivity index (χ4v) is 2.20. The average Bonchev–Trinajstić information content (AvgIpc) is 3.00. The number of nitrogens with two attached hydrogens (primary N) is 1. The summed E-state index contributed by atoms with van der Waals surface area (Å²) in [5.41, 5.74) is 6.22. The Labute approximate surface area is 152 Å². The van der Waals surface area contributed by atoms with Crippen molar-refractivity contribution >= 4 is 30.2 Å². The maximum Gasteiger partial charge on any atom is 0.241 e. The maximum absolute atomic E-state index is 11.8. The zero-order valence-corrected chi connectivity index (χ0v) is 15.3. The van der Waals surface area contributed by atoms with Gasteiger partial charge in [-0.25, -0.2) is 4.68 Å². The van der Waals surface area contributed by atoms with E-state index in [-0.39, 0.29) is 30.7 Å². The lowest BCUT2D eigenvalue weighted by Gasteiger charge is -2.08. The van der Waals surface area contributed by atoms with Crippen molar-refractivity contribution in [3.8, 4) is 0 Å². The molecule has 0 radical (unpaired) electrons. The fraction of sp³-hybridized carbons (Fsp3) is 0.667. The third-order valence-corrected chi connectivity index (χ3v) is 3.71. The number of aromatic nitrogens is 3. The summed E-state index contributed by atoms with van der Waals surface area (Å²) >= 11 is 3.98. The number of amides is 2. The van der Waals surface area contributed by atoms with Gasteiger partial charge in [0.25, 0.3) is 0 Å². The van der Waals surface area contributed by atoms with Crippen LogP contribution in [0.4, 0.5) is 0 Å². The fourth-order valence-electron chi connectivity index (χ4n) is 2.00. The highest BCUT2D eigenvalue weighted by atomic mass is 32.1. The van der Waals surface area contributed by atoms with Gasteiger partial charge >= 0.3 is 0 Å². The molecule has 1 aromatic rings. The highest BCUT2D eigenvalue weighted by molar-refractivity contribution is 7.80. The number of hydrogen-bond donors (Lipinski definition) is 4.